The second-order valence-corrected chi connectivity index (χ2v) is 7.24. The summed E-state index contributed by atoms with van der Waals surface area (Å²) in [6, 6.07) is 16.7. The van der Waals surface area contributed by atoms with Gasteiger partial charge in [0.05, 0.1) is 12.2 Å². The van der Waals surface area contributed by atoms with Gasteiger partial charge in [0.25, 0.3) is 5.91 Å². The van der Waals surface area contributed by atoms with Crippen LogP contribution in [0.15, 0.2) is 54.6 Å². The van der Waals surface area contributed by atoms with Gasteiger partial charge in [0.15, 0.2) is 5.82 Å². The molecule has 1 fully saturated rings. The number of nitrogens with one attached hydrogen (secondary N) is 1. The highest BCUT2D eigenvalue weighted by Gasteiger charge is 2.49. The molecule has 8 nitrogen and oxygen atoms in total. The van der Waals surface area contributed by atoms with Crippen molar-refractivity contribution in [3.05, 3.63) is 71.5 Å². The largest absolute Gasteiger partial charge is 0.325 e. The molecule has 1 N–H and O–H groups in total. The number of benzene rings is 2. The van der Waals surface area contributed by atoms with Crippen molar-refractivity contribution in [1.82, 2.24) is 30.4 Å². The zero-order chi connectivity index (χ0) is 20.4. The summed E-state index contributed by atoms with van der Waals surface area (Å²) in [7, 11) is 0. The first-order valence-electron chi connectivity index (χ1n) is 9.59. The van der Waals surface area contributed by atoms with Gasteiger partial charge in [-0.3, -0.25) is 9.69 Å². The van der Waals surface area contributed by atoms with Crippen LogP contribution in [0, 0.1) is 0 Å². The topological polar surface area (TPSA) is 93.0 Å². The second-order valence-electron chi connectivity index (χ2n) is 7.24. The quantitative estimate of drug-likeness (QED) is 0.653. The lowest BCUT2D eigenvalue weighted by atomic mass is 9.91. The highest BCUT2D eigenvalue weighted by atomic mass is 16.2. The number of para-hydroxylation sites is 1. The molecule has 4 rings (SSSR count). The number of hydrogen-bond acceptors (Lipinski definition) is 5. The molecule has 1 saturated heterocycles. The number of rotatable bonds is 6. The van der Waals surface area contributed by atoms with Crippen LogP contribution in [0.25, 0.3) is 5.69 Å². The van der Waals surface area contributed by atoms with Crippen LogP contribution in [0.4, 0.5) is 4.79 Å². The van der Waals surface area contributed by atoms with Crippen LogP contribution < -0.4 is 5.32 Å². The van der Waals surface area contributed by atoms with Gasteiger partial charge in [0.2, 0.25) is 0 Å². The molecule has 1 atom stereocenters. The molecule has 1 aromatic heterocycles. The maximum absolute atomic E-state index is 13.2. The van der Waals surface area contributed by atoms with E-state index in [1.807, 2.05) is 54.6 Å². The van der Waals surface area contributed by atoms with Crippen molar-refractivity contribution in [3.8, 4) is 5.69 Å². The number of aromatic nitrogens is 4. The van der Waals surface area contributed by atoms with Crippen LogP contribution in [0.3, 0.4) is 0 Å². The fourth-order valence-electron chi connectivity index (χ4n) is 3.55. The summed E-state index contributed by atoms with van der Waals surface area (Å²) in [4.78, 5) is 27.0. The summed E-state index contributed by atoms with van der Waals surface area (Å²) in [5.41, 5.74) is 1.59. The van der Waals surface area contributed by atoms with Crippen molar-refractivity contribution >= 4 is 11.9 Å². The Morgan fingerprint density at radius 1 is 1.03 bits per heavy atom. The van der Waals surface area contributed by atoms with Crippen molar-refractivity contribution in [2.75, 3.05) is 0 Å². The predicted molar refractivity (Wildman–Crippen MR) is 106 cm³/mol. The molecule has 0 radical (unpaired) electrons. The Balaban J connectivity index is 1.59. The second kappa shape index (κ2) is 7.46. The first-order valence-corrected chi connectivity index (χ1v) is 9.59. The predicted octanol–water partition coefficient (Wildman–Crippen LogP) is 2.58. The third-order valence-electron chi connectivity index (χ3n) is 5.18. The number of imide groups is 1. The Kier molecular flexibility index (Phi) is 4.84. The average Bonchev–Trinajstić information content (AvgIpc) is 3.28. The minimum atomic E-state index is -1.12. The van der Waals surface area contributed by atoms with Crippen molar-refractivity contribution in [3.63, 3.8) is 0 Å². The molecule has 0 aliphatic carbocycles. The first kappa shape index (κ1) is 18.8. The average molecular weight is 390 g/mol. The molecule has 1 aliphatic heterocycles. The molecule has 3 aromatic rings. The fourth-order valence-corrected chi connectivity index (χ4v) is 3.55. The number of tetrazole rings is 1. The summed E-state index contributed by atoms with van der Waals surface area (Å²) >= 11 is 0. The molecule has 1 aliphatic rings. The lowest BCUT2D eigenvalue weighted by molar-refractivity contribution is -0.131. The molecule has 0 spiro atoms. The number of carbonyl (C=O) groups is 2. The molecule has 2 heterocycles. The van der Waals surface area contributed by atoms with E-state index >= 15 is 0 Å². The minimum absolute atomic E-state index is 0.0178. The van der Waals surface area contributed by atoms with Crippen LogP contribution in [-0.4, -0.2) is 37.0 Å². The van der Waals surface area contributed by atoms with Gasteiger partial charge in [-0.05, 0) is 47.0 Å². The highest BCUT2D eigenvalue weighted by Crippen LogP contribution is 2.30. The first-order chi connectivity index (χ1) is 14.0. The van der Waals surface area contributed by atoms with E-state index < -0.39 is 11.6 Å². The third kappa shape index (κ3) is 3.37. The summed E-state index contributed by atoms with van der Waals surface area (Å²) in [5.74, 6) is 0.0793. The van der Waals surface area contributed by atoms with Crippen LogP contribution in [0.1, 0.15) is 37.2 Å². The SMILES string of the molecule is CCCc1ccc(C2(C)NC(=O)N(Cc3nnnn3-c3ccccc3)C2=O)cc1. The van der Waals surface area contributed by atoms with Crippen molar-refractivity contribution in [1.29, 1.82) is 0 Å². The third-order valence-corrected chi connectivity index (χ3v) is 5.18. The molecule has 0 saturated carbocycles. The van der Waals surface area contributed by atoms with E-state index in [1.165, 1.54) is 10.2 Å². The van der Waals surface area contributed by atoms with E-state index in [0.29, 0.717) is 5.82 Å². The van der Waals surface area contributed by atoms with Crippen LogP contribution in [-0.2, 0) is 23.3 Å². The zero-order valence-corrected chi connectivity index (χ0v) is 16.4. The van der Waals surface area contributed by atoms with Crippen molar-refractivity contribution in [2.45, 2.75) is 38.8 Å². The highest BCUT2D eigenvalue weighted by molar-refractivity contribution is 6.07. The van der Waals surface area contributed by atoms with Gasteiger partial charge < -0.3 is 5.32 Å². The van der Waals surface area contributed by atoms with E-state index in [-0.39, 0.29) is 12.5 Å². The number of amides is 3. The van der Waals surface area contributed by atoms with Gasteiger partial charge >= 0.3 is 6.03 Å². The van der Waals surface area contributed by atoms with Crippen molar-refractivity contribution < 1.29 is 9.59 Å². The molecule has 1 unspecified atom stereocenters. The van der Waals surface area contributed by atoms with E-state index in [2.05, 4.69) is 27.8 Å². The Morgan fingerprint density at radius 3 is 2.45 bits per heavy atom. The summed E-state index contributed by atoms with van der Waals surface area (Å²) in [6.07, 6.45) is 2.03. The maximum atomic E-state index is 13.2. The van der Waals surface area contributed by atoms with Gasteiger partial charge in [-0.1, -0.05) is 55.8 Å². The van der Waals surface area contributed by atoms with E-state index in [1.54, 1.807) is 6.92 Å². The maximum Gasteiger partial charge on any atom is 0.325 e. The van der Waals surface area contributed by atoms with Gasteiger partial charge in [-0.25, -0.2) is 4.79 Å². The molecule has 8 heteroatoms. The fraction of sp³-hybridized carbons (Fsp3) is 0.286. The molecule has 148 valence electrons. The molecule has 3 amide bonds. The van der Waals surface area contributed by atoms with Crippen LogP contribution in [0.2, 0.25) is 0 Å². The molecule has 2 aromatic carbocycles. The molecule has 29 heavy (non-hydrogen) atoms. The monoisotopic (exact) mass is 390 g/mol. The summed E-state index contributed by atoms with van der Waals surface area (Å²) < 4.78 is 1.52. The van der Waals surface area contributed by atoms with Crippen molar-refractivity contribution in [2.24, 2.45) is 0 Å². The molecule has 0 bridgehead atoms. The number of hydrogen-bond donors (Lipinski definition) is 1. The standard InChI is InChI=1S/C21H22N6O2/c1-3-7-15-10-12-16(13-11-15)21(2)19(28)26(20(29)22-21)14-18-23-24-25-27(18)17-8-5-4-6-9-17/h4-6,8-13H,3,7,14H2,1-2H3,(H,22,29). The van der Waals surface area contributed by atoms with Gasteiger partial charge in [0, 0.05) is 0 Å². The van der Waals surface area contributed by atoms with Crippen LogP contribution >= 0.6 is 0 Å². The Labute approximate surface area is 168 Å². The Morgan fingerprint density at radius 2 is 1.76 bits per heavy atom. The Bertz CT molecular complexity index is 1030. The summed E-state index contributed by atoms with van der Waals surface area (Å²) in [5, 5.41) is 14.5. The minimum Gasteiger partial charge on any atom is -0.319 e. The van der Waals surface area contributed by atoms with Gasteiger partial charge in [-0.15, -0.1) is 5.10 Å². The number of urea groups is 1. The molecular formula is C21H22N6O2. The zero-order valence-electron chi connectivity index (χ0n) is 16.4. The Hall–Kier alpha value is -3.55. The smallest absolute Gasteiger partial charge is 0.319 e. The van der Waals surface area contributed by atoms with Gasteiger partial charge in [0.1, 0.15) is 5.54 Å². The van der Waals surface area contributed by atoms with Gasteiger partial charge in [-0.2, -0.15) is 4.68 Å². The van der Waals surface area contributed by atoms with E-state index in [9.17, 15) is 9.59 Å². The molecular weight excluding hydrogens is 368 g/mol. The number of aryl methyl sites for hydroxylation is 1. The number of carbonyl (C=O) groups excluding carboxylic acids is 2. The number of nitrogens with zero attached hydrogens (tertiary/aromatic N) is 5. The lowest BCUT2D eigenvalue weighted by Gasteiger charge is -2.22. The lowest BCUT2D eigenvalue weighted by Crippen LogP contribution is -2.40. The van der Waals surface area contributed by atoms with E-state index in [0.717, 1.165) is 29.0 Å². The normalized spacial score (nSPS) is 18.9. The summed E-state index contributed by atoms with van der Waals surface area (Å²) in [6.45, 7) is 3.83. The van der Waals surface area contributed by atoms with E-state index in [4.69, 9.17) is 0 Å². The van der Waals surface area contributed by atoms with Crippen LogP contribution in [0.5, 0.6) is 0 Å².